The number of amides is 1. The molecule has 11 heteroatoms. The van der Waals surface area contributed by atoms with E-state index in [0.717, 1.165) is 21.2 Å². The number of rotatable bonds is 7. The zero-order chi connectivity index (χ0) is 21.7. The smallest absolute Gasteiger partial charge is 0.436 e. The Balaban J connectivity index is 2.12. The molecular weight excluding hydrogens is 496 g/mol. The Bertz CT molecular complexity index is 1120. The number of carbonyl (C=O) groups is 1. The van der Waals surface area contributed by atoms with Crippen molar-refractivity contribution < 1.29 is 27.9 Å². The Morgan fingerprint density at radius 3 is 2.43 bits per heavy atom. The molecule has 0 saturated heterocycles. The Kier molecular flexibility index (Phi) is 6.98. The maximum atomic E-state index is 13.6. The second-order valence-electron chi connectivity index (χ2n) is 5.90. The number of carbonyl (C=O) groups excluding carboxylic acids is 1. The number of hydrogen-bond acceptors (Lipinski definition) is 7. The predicted molar refractivity (Wildman–Crippen MR) is 116 cm³/mol. The van der Waals surface area contributed by atoms with Crippen molar-refractivity contribution in [3.63, 3.8) is 0 Å². The van der Waals surface area contributed by atoms with Gasteiger partial charge in [-0.25, -0.2) is 18.7 Å². The van der Waals surface area contributed by atoms with E-state index in [1.54, 1.807) is 36.4 Å². The van der Waals surface area contributed by atoms with Crippen molar-refractivity contribution in [1.82, 2.24) is 5.48 Å². The summed E-state index contributed by atoms with van der Waals surface area (Å²) in [7, 11) is -2.56. The standard InChI is InChI=1S/C19H17BrN2O6S2/c1-27-14-7-9-15(10-8-14)30(25,26)22(11-13-5-3-2-4-6-13)17-16(12-29-18(17)20)28-19(23)21-24/h2-10,12,24H,11H2,1H3,(H,21,23). The lowest BCUT2D eigenvalue weighted by Crippen LogP contribution is -2.31. The first kappa shape index (κ1) is 22.1. The van der Waals surface area contributed by atoms with Gasteiger partial charge in [0, 0.05) is 5.38 Å². The molecule has 0 atom stereocenters. The number of ether oxygens (including phenoxy) is 2. The minimum atomic E-state index is -4.05. The van der Waals surface area contributed by atoms with Crippen LogP contribution in [0.1, 0.15) is 5.56 Å². The fraction of sp³-hybridized carbons (Fsp3) is 0.105. The largest absolute Gasteiger partial charge is 0.497 e. The molecule has 1 amide bonds. The average Bonchev–Trinajstić information content (AvgIpc) is 3.12. The van der Waals surface area contributed by atoms with E-state index >= 15 is 0 Å². The topological polar surface area (TPSA) is 105 Å². The summed E-state index contributed by atoms with van der Waals surface area (Å²) >= 11 is 4.49. The first-order chi connectivity index (χ1) is 14.4. The van der Waals surface area contributed by atoms with Gasteiger partial charge in [-0.15, -0.1) is 11.3 Å². The quantitative estimate of drug-likeness (QED) is 0.359. The van der Waals surface area contributed by atoms with E-state index in [1.807, 2.05) is 6.07 Å². The maximum absolute atomic E-state index is 13.6. The summed E-state index contributed by atoms with van der Waals surface area (Å²) in [4.78, 5) is 11.6. The number of benzene rings is 2. The van der Waals surface area contributed by atoms with Gasteiger partial charge >= 0.3 is 6.09 Å². The average molecular weight is 513 g/mol. The van der Waals surface area contributed by atoms with E-state index in [0.29, 0.717) is 9.54 Å². The van der Waals surface area contributed by atoms with Gasteiger partial charge in [0.15, 0.2) is 5.75 Å². The van der Waals surface area contributed by atoms with E-state index in [1.165, 1.54) is 30.1 Å². The summed E-state index contributed by atoms with van der Waals surface area (Å²) in [5, 5.41) is 10.2. The summed E-state index contributed by atoms with van der Waals surface area (Å²) in [5.74, 6) is 0.496. The molecule has 1 aromatic heterocycles. The Morgan fingerprint density at radius 2 is 1.83 bits per heavy atom. The van der Waals surface area contributed by atoms with Crippen molar-refractivity contribution in [3.05, 3.63) is 69.3 Å². The number of nitrogens with zero attached hydrogens (tertiary/aromatic N) is 1. The molecule has 2 N–H and O–H groups in total. The van der Waals surface area contributed by atoms with Gasteiger partial charge in [0.25, 0.3) is 10.0 Å². The van der Waals surface area contributed by atoms with Crippen molar-refractivity contribution in [2.45, 2.75) is 11.4 Å². The second-order valence-corrected chi connectivity index (χ2v) is 9.96. The fourth-order valence-electron chi connectivity index (χ4n) is 2.64. The van der Waals surface area contributed by atoms with Crippen molar-refractivity contribution in [1.29, 1.82) is 0 Å². The molecule has 0 unspecified atom stereocenters. The van der Waals surface area contributed by atoms with Crippen molar-refractivity contribution in [3.8, 4) is 11.5 Å². The number of anilines is 1. The molecule has 3 aromatic rings. The lowest BCUT2D eigenvalue weighted by atomic mass is 10.2. The van der Waals surface area contributed by atoms with Crippen LogP contribution in [-0.2, 0) is 16.6 Å². The summed E-state index contributed by atoms with van der Waals surface area (Å²) in [5.41, 5.74) is 2.24. The molecule has 0 radical (unpaired) electrons. The molecule has 0 saturated carbocycles. The Hall–Kier alpha value is -2.60. The van der Waals surface area contributed by atoms with E-state index < -0.39 is 16.1 Å². The molecule has 0 aliphatic heterocycles. The van der Waals surface area contributed by atoms with Crippen molar-refractivity contribution >= 4 is 49.1 Å². The van der Waals surface area contributed by atoms with Gasteiger partial charge in [-0.2, -0.15) is 0 Å². The van der Waals surface area contributed by atoms with Crippen LogP contribution in [0, 0.1) is 0 Å². The van der Waals surface area contributed by atoms with Crippen LogP contribution in [0.2, 0.25) is 0 Å². The number of methoxy groups -OCH3 is 1. The molecule has 30 heavy (non-hydrogen) atoms. The second kappa shape index (κ2) is 9.47. The third kappa shape index (κ3) is 4.75. The summed E-state index contributed by atoms with van der Waals surface area (Å²) in [6.45, 7) is -0.0123. The van der Waals surface area contributed by atoms with Gasteiger partial charge in [-0.1, -0.05) is 30.3 Å². The van der Waals surface area contributed by atoms with Gasteiger partial charge in [0.1, 0.15) is 11.4 Å². The fourth-order valence-corrected chi connectivity index (χ4v) is 5.67. The molecule has 158 valence electrons. The van der Waals surface area contributed by atoms with Gasteiger partial charge in [0.05, 0.1) is 22.3 Å². The number of hydroxylamine groups is 1. The van der Waals surface area contributed by atoms with Crippen LogP contribution in [0.15, 0.2) is 68.7 Å². The Labute approximate surface area is 185 Å². The van der Waals surface area contributed by atoms with Gasteiger partial charge in [0.2, 0.25) is 0 Å². The number of halogens is 1. The number of thiophene rings is 1. The van der Waals surface area contributed by atoms with Crippen molar-refractivity contribution in [2.75, 3.05) is 11.4 Å². The molecule has 8 nitrogen and oxygen atoms in total. The molecular formula is C19H17BrN2O6S2. The number of hydrogen-bond donors (Lipinski definition) is 2. The minimum Gasteiger partial charge on any atom is -0.497 e. The van der Waals surface area contributed by atoms with Gasteiger partial charge in [-0.3, -0.25) is 9.51 Å². The van der Waals surface area contributed by atoms with E-state index in [-0.39, 0.29) is 22.9 Å². The highest BCUT2D eigenvalue weighted by molar-refractivity contribution is 9.11. The molecule has 2 aromatic carbocycles. The first-order valence-electron chi connectivity index (χ1n) is 8.46. The van der Waals surface area contributed by atoms with Crippen LogP contribution in [0.5, 0.6) is 11.5 Å². The van der Waals surface area contributed by atoms with E-state index in [9.17, 15) is 13.2 Å². The lowest BCUT2D eigenvalue weighted by Gasteiger charge is -2.25. The monoisotopic (exact) mass is 512 g/mol. The Morgan fingerprint density at radius 1 is 1.17 bits per heavy atom. The highest BCUT2D eigenvalue weighted by Gasteiger charge is 2.31. The third-order valence-corrected chi connectivity index (χ3v) is 7.48. The number of sulfonamides is 1. The SMILES string of the molecule is COc1ccc(S(=O)(=O)N(Cc2ccccc2)c2c(OC(=O)NO)csc2Br)cc1. The van der Waals surface area contributed by atoms with E-state index in [4.69, 9.17) is 14.7 Å². The highest BCUT2D eigenvalue weighted by atomic mass is 79.9. The molecule has 0 spiro atoms. The van der Waals surface area contributed by atoms with Crippen LogP contribution in [0.3, 0.4) is 0 Å². The molecule has 0 fully saturated rings. The van der Waals surface area contributed by atoms with Crippen LogP contribution in [-0.4, -0.2) is 26.8 Å². The van der Waals surface area contributed by atoms with Gasteiger partial charge in [-0.05, 0) is 45.8 Å². The minimum absolute atomic E-state index is 0.0123. The first-order valence-corrected chi connectivity index (χ1v) is 11.6. The van der Waals surface area contributed by atoms with Crippen LogP contribution in [0.4, 0.5) is 10.5 Å². The maximum Gasteiger partial charge on any atom is 0.436 e. The zero-order valence-electron chi connectivity index (χ0n) is 15.6. The van der Waals surface area contributed by atoms with Crippen LogP contribution in [0.25, 0.3) is 0 Å². The highest BCUT2D eigenvalue weighted by Crippen LogP contribution is 2.44. The predicted octanol–water partition coefficient (Wildman–Crippen LogP) is 4.39. The summed E-state index contributed by atoms with van der Waals surface area (Å²) < 4.78 is 38.9. The lowest BCUT2D eigenvalue weighted by molar-refractivity contribution is 0.128. The number of nitrogens with one attached hydrogen (secondary N) is 1. The van der Waals surface area contributed by atoms with Crippen LogP contribution >= 0.6 is 27.3 Å². The summed E-state index contributed by atoms with van der Waals surface area (Å²) in [6, 6.07) is 15.0. The third-order valence-electron chi connectivity index (χ3n) is 4.05. The normalized spacial score (nSPS) is 11.0. The van der Waals surface area contributed by atoms with E-state index in [2.05, 4.69) is 15.9 Å². The van der Waals surface area contributed by atoms with Crippen LogP contribution < -0.4 is 19.3 Å². The molecule has 0 bridgehead atoms. The summed E-state index contributed by atoms with van der Waals surface area (Å²) in [6.07, 6.45) is -1.14. The molecule has 0 aliphatic carbocycles. The van der Waals surface area contributed by atoms with Gasteiger partial charge < -0.3 is 9.47 Å². The van der Waals surface area contributed by atoms with Crippen molar-refractivity contribution in [2.24, 2.45) is 0 Å². The molecule has 1 heterocycles. The molecule has 0 aliphatic rings. The zero-order valence-corrected chi connectivity index (χ0v) is 18.8. The molecule has 3 rings (SSSR count).